The van der Waals surface area contributed by atoms with E-state index in [1.165, 1.54) is 33.2 Å². The molecule has 0 saturated carbocycles. The second kappa shape index (κ2) is 13.8. The minimum atomic E-state index is -0.00671. The summed E-state index contributed by atoms with van der Waals surface area (Å²) in [7, 11) is 0. The molecule has 3 aliphatic rings. The average Bonchev–Trinajstić information content (AvgIpc) is 3.95. The van der Waals surface area contributed by atoms with Crippen LogP contribution < -0.4 is 0 Å². The summed E-state index contributed by atoms with van der Waals surface area (Å²) in [5.41, 5.74) is 9.64. The van der Waals surface area contributed by atoms with Crippen LogP contribution >= 0.6 is 0 Å². The second-order valence-electron chi connectivity index (χ2n) is 16.6. The van der Waals surface area contributed by atoms with E-state index >= 15 is 0 Å². The number of aromatic amines is 2. The van der Waals surface area contributed by atoms with Gasteiger partial charge < -0.3 is 19.8 Å². The van der Waals surface area contributed by atoms with Gasteiger partial charge >= 0.3 is 0 Å². The monoisotopic (exact) mass is 698 g/mol. The molecule has 2 N–H and O–H groups in total. The predicted molar refractivity (Wildman–Crippen MR) is 209 cm³/mol. The molecule has 3 aromatic carbocycles. The van der Waals surface area contributed by atoms with Gasteiger partial charge in [0.15, 0.2) is 0 Å². The number of fused-ring (bicyclic) bond motifs is 4. The largest absolute Gasteiger partial charge is 0.340 e. The van der Waals surface area contributed by atoms with Gasteiger partial charge in [-0.3, -0.25) is 9.59 Å². The van der Waals surface area contributed by atoms with Crippen LogP contribution in [0.15, 0.2) is 48.7 Å². The van der Waals surface area contributed by atoms with Crippen molar-refractivity contribution in [3.63, 3.8) is 0 Å². The Hall–Kier alpha value is -4.46. The lowest BCUT2D eigenvalue weighted by Gasteiger charge is -2.29. The molecule has 0 unspecified atom stereocenters. The first kappa shape index (κ1) is 34.6. The molecule has 2 aromatic heterocycles. The summed E-state index contributed by atoms with van der Waals surface area (Å²) in [6.07, 6.45) is 11.3. The van der Waals surface area contributed by atoms with Gasteiger partial charge in [0, 0.05) is 35.9 Å². The number of benzene rings is 3. The van der Waals surface area contributed by atoms with Gasteiger partial charge in [-0.1, -0.05) is 65.0 Å². The van der Waals surface area contributed by atoms with Gasteiger partial charge in [-0.2, -0.15) is 0 Å². The van der Waals surface area contributed by atoms with Gasteiger partial charge in [-0.15, -0.1) is 0 Å². The number of hydrogen-bond donors (Lipinski definition) is 2. The van der Waals surface area contributed by atoms with Crippen molar-refractivity contribution in [2.24, 2.45) is 11.8 Å². The molecule has 8 nitrogen and oxygen atoms in total. The lowest BCUT2D eigenvalue weighted by Crippen LogP contribution is -2.38. The smallest absolute Gasteiger partial charge is 0.223 e. The lowest BCUT2D eigenvalue weighted by molar-refractivity contribution is -0.136. The Morgan fingerprint density at radius 1 is 0.808 bits per heavy atom. The highest BCUT2D eigenvalue weighted by Crippen LogP contribution is 2.42. The van der Waals surface area contributed by atoms with Crippen LogP contribution in [-0.4, -0.2) is 53.6 Å². The van der Waals surface area contributed by atoms with Crippen molar-refractivity contribution in [3.05, 3.63) is 71.4 Å². The Bertz CT molecular complexity index is 2140. The molecule has 4 atom stereocenters. The number of amides is 2. The van der Waals surface area contributed by atoms with E-state index in [-0.39, 0.29) is 36.0 Å². The molecular weight excluding hydrogens is 645 g/mol. The van der Waals surface area contributed by atoms with E-state index < -0.39 is 0 Å². The van der Waals surface area contributed by atoms with Gasteiger partial charge in [0.05, 0.1) is 35.0 Å². The van der Waals surface area contributed by atoms with E-state index in [0.29, 0.717) is 24.7 Å². The van der Waals surface area contributed by atoms with Gasteiger partial charge in [0.25, 0.3) is 0 Å². The molecule has 2 saturated heterocycles. The highest BCUT2D eigenvalue weighted by molar-refractivity contribution is 6.05. The van der Waals surface area contributed by atoms with Crippen LogP contribution in [0.3, 0.4) is 0 Å². The fraction of sp³-hybridized carbons (Fsp3) is 0.500. The van der Waals surface area contributed by atoms with E-state index in [4.69, 9.17) is 9.97 Å². The third kappa shape index (κ3) is 6.12. The number of imidazole rings is 2. The number of carbonyl (C=O) groups is 2. The van der Waals surface area contributed by atoms with Crippen LogP contribution in [0.4, 0.5) is 0 Å². The van der Waals surface area contributed by atoms with Gasteiger partial charge in [0.1, 0.15) is 11.6 Å². The predicted octanol–water partition coefficient (Wildman–Crippen LogP) is 9.85. The minimum Gasteiger partial charge on any atom is -0.340 e. The van der Waals surface area contributed by atoms with Crippen molar-refractivity contribution < 1.29 is 9.59 Å². The Kier molecular flexibility index (Phi) is 9.21. The molecule has 8 rings (SSSR count). The average molecular weight is 699 g/mol. The maximum absolute atomic E-state index is 13.4. The van der Waals surface area contributed by atoms with Gasteiger partial charge in [-0.05, 0) is 110 Å². The SMILES string of the molecule is CC[C@H]1CC[C@@H](c2ncc(-c3ccc(-c4ccc5c(ccc6[nH]c([C@@H]7CC[C@H](C)N7C(=O)CC(C)C)nc65)c4)c4c3CCC4)[nH]2)N1C(=O)CC(C)C. The number of carbonyl (C=O) groups excluding carboxylic acids is 2. The number of hydrogen-bond acceptors (Lipinski definition) is 4. The molecule has 272 valence electrons. The number of nitrogens with one attached hydrogen (secondary N) is 2. The fourth-order valence-electron chi connectivity index (χ4n) is 9.53. The quantitative estimate of drug-likeness (QED) is 0.160. The highest BCUT2D eigenvalue weighted by atomic mass is 16.2. The zero-order valence-electron chi connectivity index (χ0n) is 31.8. The molecule has 2 fully saturated rings. The van der Waals surface area contributed by atoms with E-state index in [1.807, 2.05) is 6.20 Å². The number of rotatable bonds is 9. The third-order valence-corrected chi connectivity index (χ3v) is 12.0. The molecule has 0 radical (unpaired) electrons. The Balaban J connectivity index is 1.08. The van der Waals surface area contributed by atoms with E-state index in [2.05, 4.69) is 104 Å². The normalized spacial score (nSPS) is 21.8. The zero-order valence-corrected chi connectivity index (χ0v) is 31.8. The maximum Gasteiger partial charge on any atom is 0.223 e. The summed E-state index contributed by atoms with van der Waals surface area (Å²) < 4.78 is 0. The van der Waals surface area contributed by atoms with E-state index in [9.17, 15) is 9.59 Å². The van der Waals surface area contributed by atoms with E-state index in [1.54, 1.807) is 0 Å². The summed E-state index contributed by atoms with van der Waals surface area (Å²) in [5, 5.41) is 2.30. The molecule has 52 heavy (non-hydrogen) atoms. The first-order valence-corrected chi connectivity index (χ1v) is 19.9. The molecule has 1 aliphatic carbocycles. The zero-order chi connectivity index (χ0) is 36.3. The van der Waals surface area contributed by atoms with Crippen molar-refractivity contribution in [1.29, 1.82) is 0 Å². The second-order valence-corrected chi connectivity index (χ2v) is 16.6. The molecule has 5 aromatic rings. The van der Waals surface area contributed by atoms with Gasteiger partial charge in [0.2, 0.25) is 11.8 Å². The number of aromatic nitrogens is 4. The van der Waals surface area contributed by atoms with Crippen molar-refractivity contribution in [1.82, 2.24) is 29.7 Å². The van der Waals surface area contributed by atoms with Crippen LogP contribution in [-0.2, 0) is 22.4 Å². The summed E-state index contributed by atoms with van der Waals surface area (Å²) in [6.45, 7) is 12.8. The third-order valence-electron chi connectivity index (χ3n) is 12.0. The van der Waals surface area contributed by atoms with Crippen molar-refractivity contribution in [2.75, 3.05) is 0 Å². The van der Waals surface area contributed by atoms with Crippen LogP contribution in [0.25, 0.3) is 44.2 Å². The van der Waals surface area contributed by atoms with Crippen LogP contribution in [0.1, 0.15) is 128 Å². The summed E-state index contributed by atoms with van der Waals surface area (Å²) in [6, 6.07) is 16.2. The summed E-state index contributed by atoms with van der Waals surface area (Å²) in [4.78, 5) is 48.1. The van der Waals surface area contributed by atoms with Crippen LogP contribution in [0.2, 0.25) is 0 Å². The summed E-state index contributed by atoms with van der Waals surface area (Å²) >= 11 is 0. The van der Waals surface area contributed by atoms with Gasteiger partial charge in [-0.25, -0.2) is 9.97 Å². The maximum atomic E-state index is 13.4. The van der Waals surface area contributed by atoms with Crippen LogP contribution in [0, 0.1) is 11.8 Å². The van der Waals surface area contributed by atoms with Crippen LogP contribution in [0.5, 0.6) is 0 Å². The van der Waals surface area contributed by atoms with E-state index in [0.717, 1.165) is 85.1 Å². The fourth-order valence-corrected chi connectivity index (χ4v) is 9.53. The topological polar surface area (TPSA) is 98.0 Å². The standard InChI is InChI=1S/C44H54N6O2/c1-7-30-14-20-38(50(30)41(52)22-26(4)5)43-45-24-37(47-43)35-17-16-31(33-9-8-10-34(33)35)28-12-15-32-29(23-28)13-18-36-42(32)48-44(46-36)39-19-11-27(6)49(39)40(51)21-25(2)3/h12-13,15-18,23-27,30,38-39H,7-11,14,19-22H2,1-6H3,(H,45,47)(H,46,48)/t27-,30-,38-,39-/m0/s1. The first-order chi connectivity index (χ1) is 25.1. The molecule has 0 bridgehead atoms. The Morgan fingerprint density at radius 2 is 1.50 bits per heavy atom. The molecule has 2 aliphatic heterocycles. The Morgan fingerprint density at radius 3 is 2.25 bits per heavy atom. The van der Waals surface area contributed by atoms with Crippen molar-refractivity contribution >= 4 is 33.6 Å². The Labute approximate surface area is 307 Å². The number of likely N-dealkylation sites (tertiary alicyclic amines) is 2. The molecule has 8 heteroatoms. The minimum absolute atomic E-state index is 0.00671. The molecular formula is C44H54N6O2. The number of nitrogens with zero attached hydrogens (tertiary/aromatic N) is 4. The van der Waals surface area contributed by atoms with Crippen molar-refractivity contribution in [3.8, 4) is 22.4 Å². The highest BCUT2D eigenvalue weighted by Gasteiger charge is 2.39. The number of H-pyrrole nitrogens is 2. The molecule has 0 spiro atoms. The summed E-state index contributed by atoms with van der Waals surface area (Å²) in [5.74, 6) is 2.96. The first-order valence-electron chi connectivity index (χ1n) is 19.9. The molecule has 4 heterocycles. The van der Waals surface area contributed by atoms with Crippen molar-refractivity contribution in [2.45, 2.75) is 130 Å². The lowest BCUT2D eigenvalue weighted by atomic mass is 9.91. The molecule has 2 amide bonds.